The van der Waals surface area contributed by atoms with E-state index >= 15 is 0 Å². The van der Waals surface area contributed by atoms with Crippen LogP contribution in [-0.2, 0) is 38.9 Å². The molecule has 0 saturated carbocycles. The highest BCUT2D eigenvalue weighted by atomic mass is 16.1. The van der Waals surface area contributed by atoms with Gasteiger partial charge in [0.05, 0.1) is 17.9 Å². The van der Waals surface area contributed by atoms with Crippen LogP contribution >= 0.6 is 0 Å². The lowest BCUT2D eigenvalue weighted by molar-refractivity contribution is 0.121. The Morgan fingerprint density at radius 2 is 1.66 bits per heavy atom. The molecule has 0 aromatic carbocycles. The summed E-state index contributed by atoms with van der Waals surface area (Å²) in [6.45, 7) is 7.91. The fraction of sp³-hybridized carbons (Fsp3) is 0.682. The number of rotatable bonds is 5. The van der Waals surface area contributed by atoms with Crippen molar-refractivity contribution in [3.8, 4) is 0 Å². The fourth-order valence-electron chi connectivity index (χ4n) is 4.95. The molecule has 2 aromatic rings. The van der Waals surface area contributed by atoms with Crippen molar-refractivity contribution in [2.75, 3.05) is 32.7 Å². The average Bonchev–Trinajstić information content (AvgIpc) is 3.15. The number of aromatic nitrogens is 4. The maximum Gasteiger partial charge on any atom is 0.267 e. The summed E-state index contributed by atoms with van der Waals surface area (Å²) in [5.74, 6) is 1.27. The maximum absolute atomic E-state index is 12.4. The molecule has 0 bridgehead atoms. The van der Waals surface area contributed by atoms with Crippen LogP contribution in [0.2, 0.25) is 0 Å². The smallest absolute Gasteiger partial charge is 0.267 e. The molecule has 0 spiro atoms. The van der Waals surface area contributed by atoms with Gasteiger partial charge >= 0.3 is 0 Å². The van der Waals surface area contributed by atoms with Crippen molar-refractivity contribution in [2.45, 2.75) is 64.6 Å². The molecule has 0 amide bonds. The lowest BCUT2D eigenvalue weighted by atomic mass is 9.97. The lowest BCUT2D eigenvalue weighted by Gasteiger charge is -2.34. The molecule has 0 radical (unpaired) electrons. The summed E-state index contributed by atoms with van der Waals surface area (Å²) in [5, 5.41) is 4.66. The number of hydrogen-bond donors (Lipinski definition) is 0. The third-order valence-corrected chi connectivity index (χ3v) is 6.71. The van der Waals surface area contributed by atoms with Gasteiger partial charge in [-0.15, -0.1) is 0 Å². The molecule has 2 aliphatic heterocycles. The molecule has 156 valence electrons. The largest absolute Gasteiger partial charge is 0.335 e. The third kappa shape index (κ3) is 4.31. The number of hydrogen-bond acceptors (Lipinski definition) is 5. The molecule has 4 heterocycles. The SMILES string of the molecule is O=c1cc2c(nn1CCN1CCN(Cc3cn4c(n3)CCCC4)CC1)CCCC2. The Labute approximate surface area is 172 Å². The zero-order valence-corrected chi connectivity index (χ0v) is 17.4. The van der Waals surface area contributed by atoms with Crippen molar-refractivity contribution in [1.82, 2.24) is 29.1 Å². The minimum atomic E-state index is 0.0630. The molecule has 0 unspecified atom stereocenters. The van der Waals surface area contributed by atoms with Crippen LogP contribution in [0.5, 0.6) is 0 Å². The first kappa shape index (κ1) is 19.0. The molecule has 29 heavy (non-hydrogen) atoms. The minimum absolute atomic E-state index is 0.0630. The van der Waals surface area contributed by atoms with E-state index in [1.54, 1.807) is 4.68 Å². The summed E-state index contributed by atoms with van der Waals surface area (Å²) < 4.78 is 4.03. The van der Waals surface area contributed by atoms with Crippen LogP contribution in [0.25, 0.3) is 0 Å². The lowest BCUT2D eigenvalue weighted by Crippen LogP contribution is -2.47. The number of piperazine rings is 1. The monoisotopic (exact) mass is 396 g/mol. The van der Waals surface area contributed by atoms with Gasteiger partial charge in [-0.25, -0.2) is 9.67 Å². The number of nitrogens with zero attached hydrogens (tertiary/aromatic N) is 6. The van der Waals surface area contributed by atoms with Crippen molar-refractivity contribution >= 4 is 0 Å². The fourth-order valence-corrected chi connectivity index (χ4v) is 4.95. The molecule has 1 saturated heterocycles. The first-order chi connectivity index (χ1) is 14.2. The van der Waals surface area contributed by atoms with Gasteiger partial charge in [-0.05, 0) is 44.1 Å². The first-order valence-corrected chi connectivity index (χ1v) is 11.3. The van der Waals surface area contributed by atoms with Gasteiger partial charge in [0.2, 0.25) is 0 Å². The Kier molecular flexibility index (Phi) is 5.50. The highest BCUT2D eigenvalue weighted by Crippen LogP contribution is 2.17. The van der Waals surface area contributed by atoms with Crippen molar-refractivity contribution in [1.29, 1.82) is 0 Å². The van der Waals surface area contributed by atoms with Crippen LogP contribution in [0.15, 0.2) is 17.1 Å². The molecule has 1 fully saturated rings. The average molecular weight is 397 g/mol. The van der Waals surface area contributed by atoms with Gasteiger partial charge in [-0.2, -0.15) is 5.10 Å². The molecule has 0 N–H and O–H groups in total. The summed E-state index contributed by atoms with van der Waals surface area (Å²) in [4.78, 5) is 22.2. The Balaban J connectivity index is 1.12. The second-order valence-electron chi connectivity index (χ2n) is 8.80. The van der Waals surface area contributed by atoms with E-state index in [0.29, 0.717) is 6.54 Å². The number of imidazole rings is 1. The van der Waals surface area contributed by atoms with E-state index in [-0.39, 0.29) is 5.56 Å². The summed E-state index contributed by atoms with van der Waals surface area (Å²) >= 11 is 0. The topological polar surface area (TPSA) is 59.2 Å². The molecule has 2 aromatic heterocycles. The van der Waals surface area contributed by atoms with Crippen LogP contribution in [0.3, 0.4) is 0 Å². The zero-order chi connectivity index (χ0) is 19.6. The molecular formula is C22H32N6O. The van der Waals surface area contributed by atoms with Crippen LogP contribution in [0, 0.1) is 0 Å². The van der Waals surface area contributed by atoms with Crippen LogP contribution in [-0.4, -0.2) is 61.9 Å². The van der Waals surface area contributed by atoms with E-state index in [4.69, 9.17) is 4.98 Å². The third-order valence-electron chi connectivity index (χ3n) is 6.71. The van der Waals surface area contributed by atoms with E-state index in [1.165, 1.54) is 42.8 Å². The molecule has 7 nitrogen and oxygen atoms in total. The normalized spacial score (nSPS) is 20.4. The standard InChI is InChI=1S/C22H32N6O/c29-22-15-18-5-1-2-6-20(18)24-28(22)14-13-25-9-11-26(12-10-25)16-19-17-27-8-4-3-7-21(27)23-19/h15,17H,1-14,16H2. The second-order valence-corrected chi connectivity index (χ2v) is 8.80. The highest BCUT2D eigenvalue weighted by molar-refractivity contribution is 5.20. The van der Waals surface area contributed by atoms with Crippen LogP contribution in [0.1, 0.15) is 48.5 Å². The van der Waals surface area contributed by atoms with Gasteiger partial charge in [0.15, 0.2) is 0 Å². The molecule has 3 aliphatic rings. The van der Waals surface area contributed by atoms with Crippen molar-refractivity contribution < 1.29 is 0 Å². The Morgan fingerprint density at radius 3 is 2.52 bits per heavy atom. The quantitative estimate of drug-likeness (QED) is 0.766. The Bertz CT molecular complexity index is 885. The Hall–Kier alpha value is -1.99. The van der Waals surface area contributed by atoms with E-state index in [0.717, 1.165) is 70.8 Å². The van der Waals surface area contributed by atoms with E-state index in [9.17, 15) is 4.79 Å². The summed E-state index contributed by atoms with van der Waals surface area (Å²) in [6, 6.07) is 1.82. The number of fused-ring (bicyclic) bond motifs is 2. The first-order valence-electron chi connectivity index (χ1n) is 11.3. The molecule has 1 aliphatic carbocycles. The molecule has 0 atom stereocenters. The zero-order valence-electron chi connectivity index (χ0n) is 17.4. The second kappa shape index (κ2) is 8.40. The summed E-state index contributed by atoms with van der Waals surface area (Å²) in [7, 11) is 0. The predicted octanol–water partition coefficient (Wildman–Crippen LogP) is 1.47. The molecule has 5 rings (SSSR count). The van der Waals surface area contributed by atoms with Crippen molar-refractivity contribution in [3.05, 3.63) is 45.4 Å². The van der Waals surface area contributed by atoms with Crippen molar-refractivity contribution in [2.24, 2.45) is 0 Å². The minimum Gasteiger partial charge on any atom is -0.335 e. The Morgan fingerprint density at radius 1 is 0.862 bits per heavy atom. The van der Waals surface area contributed by atoms with Gasteiger partial charge < -0.3 is 4.57 Å². The van der Waals surface area contributed by atoms with Gasteiger partial charge in [-0.1, -0.05) is 0 Å². The van der Waals surface area contributed by atoms with E-state index in [1.807, 2.05) is 6.07 Å². The predicted molar refractivity (Wildman–Crippen MR) is 112 cm³/mol. The van der Waals surface area contributed by atoms with Gasteiger partial charge in [0, 0.05) is 64.5 Å². The summed E-state index contributed by atoms with van der Waals surface area (Å²) in [6.07, 6.45) is 10.4. The van der Waals surface area contributed by atoms with Crippen LogP contribution < -0.4 is 5.56 Å². The van der Waals surface area contributed by atoms with Crippen molar-refractivity contribution in [3.63, 3.8) is 0 Å². The van der Waals surface area contributed by atoms with Gasteiger partial charge in [0.1, 0.15) is 5.82 Å². The van der Waals surface area contributed by atoms with E-state index < -0.39 is 0 Å². The van der Waals surface area contributed by atoms with Crippen LogP contribution in [0.4, 0.5) is 0 Å². The summed E-state index contributed by atoms with van der Waals surface area (Å²) in [5.41, 5.74) is 3.60. The number of aryl methyl sites for hydroxylation is 4. The van der Waals surface area contributed by atoms with Gasteiger partial charge in [0.25, 0.3) is 5.56 Å². The molecular weight excluding hydrogens is 364 g/mol. The highest BCUT2D eigenvalue weighted by Gasteiger charge is 2.20. The molecule has 7 heteroatoms. The van der Waals surface area contributed by atoms with Gasteiger partial charge in [-0.3, -0.25) is 14.6 Å². The maximum atomic E-state index is 12.4. The van der Waals surface area contributed by atoms with E-state index in [2.05, 4.69) is 25.7 Å².